The lowest BCUT2D eigenvalue weighted by Crippen LogP contribution is -2.28. The Morgan fingerprint density at radius 3 is 2.47 bits per heavy atom. The molecule has 1 atom stereocenters. The molecule has 1 aliphatic carbocycles. The Labute approximate surface area is 112 Å². The van der Waals surface area contributed by atoms with E-state index in [2.05, 4.69) is 0 Å². The molecule has 2 N–H and O–H groups in total. The summed E-state index contributed by atoms with van der Waals surface area (Å²) in [4.78, 5) is 35.6. The van der Waals surface area contributed by atoms with E-state index in [0.717, 1.165) is 12.8 Å². The predicted octanol–water partition coefficient (Wildman–Crippen LogP) is 2.02. The largest absolute Gasteiger partial charge is 0.398 e. The standard InChI is InChI=1S/C15H17NO3/c16-12-8-5-4-6-10(12)11-7-2-1-3-9-13(17)15(19)14(11)18/h4-6,8,11H,1-3,7,9,16H2. The smallest absolute Gasteiger partial charge is 0.264 e. The van der Waals surface area contributed by atoms with Crippen LogP contribution >= 0.6 is 0 Å². The van der Waals surface area contributed by atoms with E-state index in [-0.39, 0.29) is 6.42 Å². The molecule has 4 heteroatoms. The number of anilines is 1. The lowest BCUT2D eigenvalue weighted by atomic mass is 9.87. The summed E-state index contributed by atoms with van der Waals surface area (Å²) in [5.41, 5.74) is 7.04. The van der Waals surface area contributed by atoms with Crippen molar-refractivity contribution in [2.24, 2.45) is 0 Å². The Hall–Kier alpha value is -1.97. The lowest BCUT2D eigenvalue weighted by molar-refractivity contribution is -0.144. The van der Waals surface area contributed by atoms with Crippen LogP contribution in [-0.4, -0.2) is 17.3 Å². The summed E-state index contributed by atoms with van der Waals surface area (Å²) in [6, 6.07) is 7.04. The van der Waals surface area contributed by atoms with Crippen molar-refractivity contribution in [2.75, 3.05) is 5.73 Å². The Bertz CT molecular complexity index is 522. The van der Waals surface area contributed by atoms with Gasteiger partial charge in [0, 0.05) is 12.1 Å². The van der Waals surface area contributed by atoms with Crippen molar-refractivity contribution < 1.29 is 14.4 Å². The van der Waals surface area contributed by atoms with Gasteiger partial charge in [0.1, 0.15) is 0 Å². The first-order valence-corrected chi connectivity index (χ1v) is 6.57. The van der Waals surface area contributed by atoms with Crippen LogP contribution < -0.4 is 5.73 Å². The molecule has 1 fully saturated rings. The minimum absolute atomic E-state index is 0.182. The van der Waals surface area contributed by atoms with Gasteiger partial charge in [0.2, 0.25) is 11.6 Å². The molecule has 1 unspecified atom stereocenters. The van der Waals surface area contributed by atoms with Crippen molar-refractivity contribution in [3.63, 3.8) is 0 Å². The van der Waals surface area contributed by atoms with E-state index in [1.807, 2.05) is 0 Å². The Morgan fingerprint density at radius 2 is 1.74 bits per heavy atom. The predicted molar refractivity (Wildman–Crippen MR) is 71.7 cm³/mol. The first-order valence-electron chi connectivity index (χ1n) is 6.57. The Kier molecular flexibility index (Phi) is 4.10. The van der Waals surface area contributed by atoms with E-state index in [1.165, 1.54) is 0 Å². The van der Waals surface area contributed by atoms with E-state index in [4.69, 9.17) is 5.73 Å². The van der Waals surface area contributed by atoms with Gasteiger partial charge in [0.25, 0.3) is 5.78 Å². The van der Waals surface area contributed by atoms with Crippen LogP contribution in [0.2, 0.25) is 0 Å². The maximum absolute atomic E-state index is 12.2. The first-order chi connectivity index (χ1) is 9.11. The second kappa shape index (κ2) is 5.78. The van der Waals surface area contributed by atoms with Crippen molar-refractivity contribution in [1.29, 1.82) is 0 Å². The number of carbonyl (C=O) groups excluding carboxylic acids is 3. The van der Waals surface area contributed by atoms with Crippen LogP contribution in [0, 0.1) is 0 Å². The van der Waals surface area contributed by atoms with Crippen molar-refractivity contribution in [1.82, 2.24) is 0 Å². The molecule has 2 rings (SSSR count). The zero-order valence-electron chi connectivity index (χ0n) is 10.7. The molecule has 0 aliphatic heterocycles. The molecule has 0 aromatic heterocycles. The van der Waals surface area contributed by atoms with Gasteiger partial charge in [-0.1, -0.05) is 31.0 Å². The van der Waals surface area contributed by atoms with Crippen molar-refractivity contribution in [3.8, 4) is 0 Å². The molecule has 0 spiro atoms. The number of ketones is 3. The summed E-state index contributed by atoms with van der Waals surface area (Å²) < 4.78 is 0. The molecule has 0 heterocycles. The van der Waals surface area contributed by atoms with Gasteiger partial charge in [-0.2, -0.15) is 0 Å². The van der Waals surface area contributed by atoms with Crippen LogP contribution in [0.15, 0.2) is 24.3 Å². The quantitative estimate of drug-likeness (QED) is 0.618. The second-order valence-electron chi connectivity index (χ2n) is 4.90. The van der Waals surface area contributed by atoms with E-state index in [1.54, 1.807) is 24.3 Å². The number of hydrogen-bond donors (Lipinski definition) is 1. The van der Waals surface area contributed by atoms with Gasteiger partial charge in [-0.25, -0.2) is 0 Å². The zero-order valence-corrected chi connectivity index (χ0v) is 10.7. The van der Waals surface area contributed by atoms with E-state index in [9.17, 15) is 14.4 Å². The maximum atomic E-state index is 12.2. The van der Waals surface area contributed by atoms with Crippen molar-refractivity contribution >= 4 is 23.0 Å². The number of nitrogens with two attached hydrogens (primary N) is 1. The normalized spacial score (nSPS) is 21.7. The number of Topliss-reactive ketones (excluding diaryl/α,β-unsaturated/α-hetero) is 3. The number of hydrogen-bond acceptors (Lipinski definition) is 4. The molecule has 0 saturated heterocycles. The van der Waals surface area contributed by atoms with Gasteiger partial charge in [0.15, 0.2) is 0 Å². The minimum atomic E-state index is -0.866. The molecule has 19 heavy (non-hydrogen) atoms. The molecular formula is C15H17NO3. The second-order valence-corrected chi connectivity index (χ2v) is 4.90. The number of para-hydroxylation sites is 1. The Morgan fingerprint density at radius 1 is 1.00 bits per heavy atom. The average Bonchev–Trinajstić information content (AvgIpc) is 2.46. The third-order valence-corrected chi connectivity index (χ3v) is 3.56. The number of nitrogen functional groups attached to an aromatic ring is 1. The number of benzene rings is 1. The zero-order chi connectivity index (χ0) is 13.8. The molecule has 1 aliphatic rings. The number of rotatable bonds is 1. The van der Waals surface area contributed by atoms with Gasteiger partial charge in [-0.3, -0.25) is 14.4 Å². The third-order valence-electron chi connectivity index (χ3n) is 3.56. The van der Waals surface area contributed by atoms with Crippen LogP contribution in [0.5, 0.6) is 0 Å². The van der Waals surface area contributed by atoms with E-state index < -0.39 is 23.3 Å². The molecule has 1 aromatic rings. The summed E-state index contributed by atoms with van der Waals surface area (Å²) in [7, 11) is 0. The fourth-order valence-corrected chi connectivity index (χ4v) is 2.48. The topological polar surface area (TPSA) is 77.2 Å². The Balaban J connectivity index is 2.35. The molecule has 1 saturated carbocycles. The van der Waals surface area contributed by atoms with Crippen molar-refractivity contribution in [3.05, 3.63) is 29.8 Å². The molecule has 100 valence electrons. The molecular weight excluding hydrogens is 242 g/mol. The maximum Gasteiger partial charge on any atom is 0.264 e. The van der Waals surface area contributed by atoms with E-state index >= 15 is 0 Å². The highest BCUT2D eigenvalue weighted by Crippen LogP contribution is 2.29. The van der Waals surface area contributed by atoms with Crippen LogP contribution in [-0.2, 0) is 14.4 Å². The van der Waals surface area contributed by atoms with Gasteiger partial charge in [0.05, 0.1) is 5.92 Å². The molecule has 0 radical (unpaired) electrons. The third kappa shape index (κ3) is 2.89. The number of carbonyl (C=O) groups is 3. The highest BCUT2D eigenvalue weighted by molar-refractivity contribution is 6.64. The lowest BCUT2D eigenvalue weighted by Gasteiger charge is -2.16. The molecule has 0 amide bonds. The first kappa shape index (κ1) is 13.5. The van der Waals surface area contributed by atoms with Crippen LogP contribution in [0.1, 0.15) is 43.6 Å². The van der Waals surface area contributed by atoms with Crippen LogP contribution in [0.4, 0.5) is 5.69 Å². The molecule has 4 nitrogen and oxygen atoms in total. The molecule has 1 aromatic carbocycles. The summed E-state index contributed by atoms with van der Waals surface area (Å²) in [6.45, 7) is 0. The molecule has 0 bridgehead atoms. The van der Waals surface area contributed by atoms with E-state index in [0.29, 0.717) is 24.1 Å². The minimum Gasteiger partial charge on any atom is -0.398 e. The average molecular weight is 259 g/mol. The van der Waals surface area contributed by atoms with Gasteiger partial charge in [-0.15, -0.1) is 0 Å². The summed E-state index contributed by atoms with van der Waals surface area (Å²) in [5.74, 6) is -2.61. The van der Waals surface area contributed by atoms with Gasteiger partial charge in [-0.05, 0) is 24.5 Å². The highest BCUT2D eigenvalue weighted by Gasteiger charge is 2.32. The van der Waals surface area contributed by atoms with Crippen LogP contribution in [0.25, 0.3) is 0 Å². The SMILES string of the molecule is Nc1ccccc1C1CCCCCC(=O)C(=O)C1=O. The highest BCUT2D eigenvalue weighted by atomic mass is 16.2. The fourth-order valence-electron chi connectivity index (χ4n) is 2.48. The fraction of sp³-hybridized carbons (Fsp3) is 0.400. The van der Waals surface area contributed by atoms with Gasteiger partial charge >= 0.3 is 0 Å². The summed E-state index contributed by atoms with van der Waals surface area (Å²) in [5, 5.41) is 0. The summed E-state index contributed by atoms with van der Waals surface area (Å²) in [6.07, 6.45) is 3.11. The van der Waals surface area contributed by atoms with Crippen molar-refractivity contribution in [2.45, 2.75) is 38.0 Å². The van der Waals surface area contributed by atoms with Crippen LogP contribution in [0.3, 0.4) is 0 Å². The monoisotopic (exact) mass is 259 g/mol. The van der Waals surface area contributed by atoms with Gasteiger partial charge < -0.3 is 5.73 Å². The summed E-state index contributed by atoms with van der Waals surface area (Å²) >= 11 is 0.